The van der Waals surface area contributed by atoms with Gasteiger partial charge in [0.2, 0.25) is 5.91 Å². The molecule has 0 atom stereocenters. The van der Waals surface area contributed by atoms with E-state index in [1.54, 1.807) is 20.8 Å². The molecule has 25 heavy (non-hydrogen) atoms. The van der Waals surface area contributed by atoms with Gasteiger partial charge in [0, 0.05) is 11.6 Å². The number of rotatable bonds is 5. The maximum Gasteiger partial charge on any atom is 0.501 e. The molecule has 1 aromatic carbocycles. The topological polar surface area (TPSA) is 118 Å². The van der Waals surface area contributed by atoms with Crippen LogP contribution in [0.3, 0.4) is 0 Å². The molecule has 2 N–H and O–H groups in total. The number of hydrogen-bond acceptors (Lipinski definition) is 6. The van der Waals surface area contributed by atoms with E-state index in [-0.39, 0.29) is 12.2 Å². The average molecular weight is 383 g/mol. The molecule has 8 nitrogen and oxygen atoms in total. The fourth-order valence-electron chi connectivity index (χ4n) is 1.75. The first kappa shape index (κ1) is 20.7. The lowest BCUT2D eigenvalue weighted by molar-refractivity contribution is -0.384. The zero-order chi connectivity index (χ0) is 19.6. The number of nitro groups is 1. The van der Waals surface area contributed by atoms with Crippen LogP contribution in [0.5, 0.6) is 0 Å². The van der Waals surface area contributed by atoms with E-state index >= 15 is 0 Å². The molecule has 1 amide bonds. The second-order valence-electron chi connectivity index (χ2n) is 6.04. The number of nitrogens with one attached hydrogen (secondary N) is 2. The Hall–Kier alpha value is -2.37. The Labute approximate surface area is 141 Å². The van der Waals surface area contributed by atoms with Crippen molar-refractivity contribution >= 4 is 27.1 Å². The van der Waals surface area contributed by atoms with Gasteiger partial charge in [-0.2, -0.15) is 13.2 Å². The van der Waals surface area contributed by atoms with E-state index in [0.717, 1.165) is 6.07 Å². The Kier molecular flexibility index (Phi) is 5.67. The van der Waals surface area contributed by atoms with Gasteiger partial charge in [-0.1, -0.05) is 0 Å². The molecule has 0 aliphatic carbocycles. The van der Waals surface area contributed by atoms with Crippen LogP contribution in [0.15, 0.2) is 23.1 Å². The van der Waals surface area contributed by atoms with E-state index in [1.807, 2.05) is 0 Å². The Morgan fingerprint density at radius 2 is 1.80 bits per heavy atom. The van der Waals surface area contributed by atoms with Gasteiger partial charge in [-0.25, -0.2) is 8.42 Å². The molecule has 0 fully saturated rings. The van der Waals surface area contributed by atoms with Gasteiger partial charge in [0.15, 0.2) is 0 Å². The molecule has 0 bridgehead atoms. The highest BCUT2D eigenvalue weighted by atomic mass is 32.2. The largest absolute Gasteiger partial charge is 0.501 e. The van der Waals surface area contributed by atoms with Crippen molar-refractivity contribution in [1.29, 1.82) is 0 Å². The number of carbonyl (C=O) groups excluding carboxylic acids is 1. The molecule has 1 rings (SSSR count). The standard InChI is InChI=1S/C13H16F3N3O5S/c1-12(2,3)18-11(20)7-17-9-5-4-8(6-10(9)19(21)22)25(23,24)13(14,15)16/h4-6,17H,7H2,1-3H3,(H,18,20). The smallest absolute Gasteiger partial charge is 0.371 e. The molecule has 0 radical (unpaired) electrons. The van der Waals surface area contributed by atoms with Crippen molar-refractivity contribution in [3.05, 3.63) is 28.3 Å². The van der Waals surface area contributed by atoms with E-state index < -0.39 is 42.3 Å². The van der Waals surface area contributed by atoms with Crippen LogP contribution >= 0.6 is 0 Å². The van der Waals surface area contributed by atoms with Gasteiger partial charge in [0.1, 0.15) is 5.69 Å². The summed E-state index contributed by atoms with van der Waals surface area (Å²) in [5.41, 5.74) is -7.30. The van der Waals surface area contributed by atoms with Crippen LogP contribution in [-0.2, 0) is 14.6 Å². The van der Waals surface area contributed by atoms with Gasteiger partial charge in [-0.15, -0.1) is 0 Å². The van der Waals surface area contributed by atoms with E-state index in [2.05, 4.69) is 10.6 Å². The first-order chi connectivity index (χ1) is 11.1. The molecule has 0 aromatic heterocycles. The van der Waals surface area contributed by atoms with E-state index in [9.17, 15) is 36.5 Å². The fraction of sp³-hybridized carbons (Fsp3) is 0.462. The van der Waals surface area contributed by atoms with Gasteiger partial charge in [-0.3, -0.25) is 14.9 Å². The predicted octanol–water partition coefficient (Wildman–Crippen LogP) is 2.21. The average Bonchev–Trinajstić information content (AvgIpc) is 2.41. The number of sulfone groups is 1. The summed E-state index contributed by atoms with van der Waals surface area (Å²) in [6.45, 7) is 4.75. The zero-order valence-electron chi connectivity index (χ0n) is 13.5. The molecule has 0 aliphatic rings. The number of nitro benzene ring substituents is 1. The molecular weight excluding hydrogens is 367 g/mol. The maximum absolute atomic E-state index is 12.5. The molecule has 140 valence electrons. The van der Waals surface area contributed by atoms with Gasteiger partial charge in [-0.05, 0) is 32.9 Å². The Balaban J connectivity index is 3.12. The summed E-state index contributed by atoms with van der Waals surface area (Å²) in [6.07, 6.45) is 0. The van der Waals surface area contributed by atoms with Crippen molar-refractivity contribution in [3.63, 3.8) is 0 Å². The molecule has 0 spiro atoms. The first-order valence-corrected chi connectivity index (χ1v) is 8.28. The zero-order valence-corrected chi connectivity index (χ0v) is 14.3. The molecule has 0 saturated heterocycles. The second-order valence-corrected chi connectivity index (χ2v) is 7.98. The summed E-state index contributed by atoms with van der Waals surface area (Å²) < 4.78 is 60.3. The third-order valence-corrected chi connectivity index (χ3v) is 4.22. The second kappa shape index (κ2) is 6.86. The Bertz CT molecular complexity index is 785. The summed E-state index contributed by atoms with van der Waals surface area (Å²) in [7, 11) is -5.72. The van der Waals surface area contributed by atoms with Crippen LogP contribution < -0.4 is 10.6 Å². The number of alkyl halides is 3. The number of nitrogens with zero attached hydrogens (tertiary/aromatic N) is 1. The number of halogens is 3. The lowest BCUT2D eigenvalue weighted by Gasteiger charge is -2.20. The summed E-state index contributed by atoms with van der Waals surface area (Å²) in [5, 5.41) is 16.0. The Morgan fingerprint density at radius 3 is 2.24 bits per heavy atom. The van der Waals surface area contributed by atoms with Crippen molar-refractivity contribution < 1.29 is 31.3 Å². The quantitative estimate of drug-likeness (QED) is 0.594. The highest BCUT2D eigenvalue weighted by Gasteiger charge is 2.47. The van der Waals surface area contributed by atoms with Crippen molar-refractivity contribution in [1.82, 2.24) is 5.32 Å². The van der Waals surface area contributed by atoms with Crippen LogP contribution in [0.25, 0.3) is 0 Å². The SMILES string of the molecule is CC(C)(C)NC(=O)CNc1ccc(S(=O)(=O)C(F)(F)F)cc1[N+](=O)[O-]. The summed E-state index contributed by atoms with van der Waals surface area (Å²) in [5.74, 6) is -0.506. The minimum atomic E-state index is -5.72. The van der Waals surface area contributed by atoms with Crippen molar-refractivity contribution in [2.24, 2.45) is 0 Å². The van der Waals surface area contributed by atoms with Crippen molar-refractivity contribution in [2.45, 2.75) is 36.7 Å². The Morgan fingerprint density at radius 1 is 1.24 bits per heavy atom. The van der Waals surface area contributed by atoms with Crippen LogP contribution in [0.1, 0.15) is 20.8 Å². The molecule has 0 saturated carbocycles. The highest BCUT2D eigenvalue weighted by Crippen LogP contribution is 2.34. The number of amides is 1. The monoisotopic (exact) mass is 383 g/mol. The van der Waals surface area contributed by atoms with Crippen LogP contribution in [0, 0.1) is 10.1 Å². The van der Waals surface area contributed by atoms with Gasteiger partial charge < -0.3 is 10.6 Å². The number of benzene rings is 1. The van der Waals surface area contributed by atoms with Crippen LogP contribution in [-0.4, -0.2) is 36.8 Å². The molecule has 12 heteroatoms. The van der Waals surface area contributed by atoms with E-state index in [0.29, 0.717) is 12.1 Å². The normalized spacial score (nSPS) is 12.6. The number of hydrogen-bond donors (Lipinski definition) is 2. The van der Waals surface area contributed by atoms with Crippen molar-refractivity contribution in [2.75, 3.05) is 11.9 Å². The first-order valence-electron chi connectivity index (χ1n) is 6.80. The maximum atomic E-state index is 12.5. The minimum Gasteiger partial charge on any atom is -0.371 e. The van der Waals surface area contributed by atoms with Crippen molar-refractivity contribution in [3.8, 4) is 0 Å². The molecule has 1 aromatic rings. The van der Waals surface area contributed by atoms with Crippen LogP contribution in [0.4, 0.5) is 24.5 Å². The van der Waals surface area contributed by atoms with E-state index in [4.69, 9.17) is 0 Å². The minimum absolute atomic E-state index is 0.282. The van der Waals surface area contributed by atoms with E-state index in [1.165, 1.54) is 0 Å². The lowest BCUT2D eigenvalue weighted by Crippen LogP contribution is -2.43. The molecule has 0 unspecified atom stereocenters. The lowest BCUT2D eigenvalue weighted by atomic mass is 10.1. The molecule has 0 aliphatic heterocycles. The molecular formula is C13H16F3N3O5S. The number of carbonyl (C=O) groups is 1. The van der Waals surface area contributed by atoms with Gasteiger partial charge >= 0.3 is 5.51 Å². The summed E-state index contributed by atoms with van der Waals surface area (Å²) in [4.78, 5) is 20.4. The summed E-state index contributed by atoms with van der Waals surface area (Å²) in [6, 6.07) is 1.69. The number of anilines is 1. The van der Waals surface area contributed by atoms with Gasteiger partial charge in [0.05, 0.1) is 16.4 Å². The third kappa shape index (κ3) is 5.31. The highest BCUT2D eigenvalue weighted by molar-refractivity contribution is 7.92. The fourth-order valence-corrected chi connectivity index (χ4v) is 2.53. The third-order valence-electron chi connectivity index (χ3n) is 2.73. The van der Waals surface area contributed by atoms with Gasteiger partial charge in [0.25, 0.3) is 15.5 Å². The van der Waals surface area contributed by atoms with Crippen LogP contribution in [0.2, 0.25) is 0 Å². The molecule has 0 heterocycles. The predicted molar refractivity (Wildman–Crippen MR) is 82.7 cm³/mol. The summed E-state index contributed by atoms with van der Waals surface area (Å²) >= 11 is 0.